The van der Waals surface area contributed by atoms with E-state index in [2.05, 4.69) is 62.5 Å². The summed E-state index contributed by atoms with van der Waals surface area (Å²) < 4.78 is 11.0. The van der Waals surface area contributed by atoms with Crippen molar-refractivity contribution in [3.63, 3.8) is 0 Å². The minimum absolute atomic E-state index is 0.00985. The summed E-state index contributed by atoms with van der Waals surface area (Å²) in [4.78, 5) is 53.4. The number of nitrogens with zero attached hydrogens (tertiary/aromatic N) is 1. The minimum Gasteiger partial charge on any atom is -0.379 e. The van der Waals surface area contributed by atoms with E-state index in [4.69, 9.17) is 9.47 Å². The SMILES string of the molecule is CCCCOCCOCCNC(=O)C(C)(C)C(CCCNC(=O)CSC(C)C)=NC(=O)CSC(C)C.CCNC(=O)C(C)(C)CC(C)(C)C. The molecule has 0 aromatic rings. The number of ether oxygens (including phenoxy) is 2. The van der Waals surface area contributed by atoms with Crippen LogP contribution in [0.25, 0.3) is 0 Å². The fourth-order valence-corrected chi connectivity index (χ4v) is 5.80. The Morgan fingerprint density at radius 2 is 1.27 bits per heavy atom. The van der Waals surface area contributed by atoms with Gasteiger partial charge in [0.1, 0.15) is 0 Å². The van der Waals surface area contributed by atoms with Crippen molar-refractivity contribution in [3.05, 3.63) is 0 Å². The molecule has 0 saturated heterocycles. The molecular formula is C37H72N4O6S2. The van der Waals surface area contributed by atoms with Gasteiger partial charge >= 0.3 is 0 Å². The van der Waals surface area contributed by atoms with Gasteiger partial charge in [-0.05, 0) is 62.4 Å². The van der Waals surface area contributed by atoms with Crippen LogP contribution >= 0.6 is 23.5 Å². The molecule has 0 bridgehead atoms. The van der Waals surface area contributed by atoms with Crippen LogP contribution < -0.4 is 16.0 Å². The number of carbonyl (C=O) groups is 4. The van der Waals surface area contributed by atoms with Gasteiger partial charge in [0.15, 0.2) is 0 Å². The van der Waals surface area contributed by atoms with Crippen molar-refractivity contribution in [2.45, 2.75) is 133 Å². The van der Waals surface area contributed by atoms with Crippen molar-refractivity contribution in [2.75, 3.05) is 57.6 Å². The predicted octanol–water partition coefficient (Wildman–Crippen LogP) is 6.69. The second kappa shape index (κ2) is 27.1. The molecule has 0 aromatic heterocycles. The van der Waals surface area contributed by atoms with Crippen LogP contribution in [-0.4, -0.2) is 97.4 Å². The first-order valence-corrected chi connectivity index (χ1v) is 20.1. The van der Waals surface area contributed by atoms with E-state index in [0.29, 0.717) is 74.3 Å². The summed E-state index contributed by atoms with van der Waals surface area (Å²) in [5.74, 6) is 0.397. The number of nitrogens with one attached hydrogen (secondary N) is 3. The van der Waals surface area contributed by atoms with E-state index >= 15 is 0 Å². The molecule has 4 amide bonds. The van der Waals surface area contributed by atoms with E-state index in [9.17, 15) is 19.2 Å². The Hall–Kier alpha value is -1.63. The lowest BCUT2D eigenvalue weighted by molar-refractivity contribution is -0.130. The zero-order valence-corrected chi connectivity index (χ0v) is 34.9. The number of amides is 4. The molecule has 0 radical (unpaired) electrons. The lowest BCUT2D eigenvalue weighted by Crippen LogP contribution is -2.44. The van der Waals surface area contributed by atoms with Gasteiger partial charge in [0, 0.05) is 37.4 Å². The second-order valence-corrected chi connectivity index (χ2v) is 18.2. The van der Waals surface area contributed by atoms with Crippen molar-refractivity contribution in [3.8, 4) is 0 Å². The Kier molecular flexibility index (Phi) is 27.3. The van der Waals surface area contributed by atoms with Crippen molar-refractivity contribution < 1.29 is 28.7 Å². The lowest BCUT2D eigenvalue weighted by Gasteiger charge is -2.31. The van der Waals surface area contributed by atoms with Gasteiger partial charge in [-0.2, -0.15) is 0 Å². The van der Waals surface area contributed by atoms with E-state index < -0.39 is 5.41 Å². The fraction of sp³-hybridized carbons (Fsp3) is 0.865. The molecule has 0 aliphatic carbocycles. The van der Waals surface area contributed by atoms with E-state index in [-0.39, 0.29) is 40.2 Å². The normalized spacial score (nSPS) is 12.4. The highest BCUT2D eigenvalue weighted by Crippen LogP contribution is 2.33. The number of carbonyl (C=O) groups excluding carboxylic acids is 4. The molecule has 0 fully saturated rings. The molecule has 0 atom stereocenters. The van der Waals surface area contributed by atoms with Gasteiger partial charge in [0.2, 0.25) is 17.7 Å². The Balaban J connectivity index is 0. The van der Waals surface area contributed by atoms with E-state index in [1.165, 1.54) is 11.8 Å². The lowest BCUT2D eigenvalue weighted by atomic mass is 9.76. The van der Waals surface area contributed by atoms with Crippen LogP contribution in [-0.2, 0) is 28.7 Å². The average Bonchev–Trinajstić information content (AvgIpc) is 2.98. The fourth-order valence-electron chi connectivity index (χ4n) is 4.67. The third-order valence-corrected chi connectivity index (χ3v) is 9.20. The number of unbranched alkanes of at least 4 members (excludes halogenated alkanes) is 1. The molecule has 0 aliphatic rings. The quantitative estimate of drug-likeness (QED) is 0.0738. The first-order valence-electron chi connectivity index (χ1n) is 18.0. The van der Waals surface area contributed by atoms with E-state index in [1.807, 2.05) is 34.6 Å². The van der Waals surface area contributed by atoms with E-state index in [0.717, 1.165) is 25.9 Å². The zero-order chi connectivity index (χ0) is 38.1. The molecule has 0 spiro atoms. The third-order valence-electron chi connectivity index (χ3n) is 7.02. The van der Waals surface area contributed by atoms with Crippen molar-refractivity contribution >= 4 is 52.9 Å². The summed E-state index contributed by atoms with van der Waals surface area (Å²) >= 11 is 3.12. The molecule has 49 heavy (non-hydrogen) atoms. The van der Waals surface area contributed by atoms with Gasteiger partial charge in [0.25, 0.3) is 5.91 Å². The number of aliphatic imine (C=N–C) groups is 1. The van der Waals surface area contributed by atoms with Gasteiger partial charge in [-0.25, -0.2) is 4.99 Å². The molecule has 0 saturated carbocycles. The van der Waals surface area contributed by atoms with Crippen LogP contribution in [0.2, 0.25) is 0 Å². The van der Waals surface area contributed by atoms with Crippen molar-refractivity contribution in [1.29, 1.82) is 0 Å². The summed E-state index contributed by atoms with van der Waals surface area (Å²) in [5.41, 5.74) is -0.479. The first-order chi connectivity index (χ1) is 22.7. The van der Waals surface area contributed by atoms with Gasteiger partial charge < -0.3 is 25.4 Å². The molecule has 0 unspecified atom stereocenters. The number of hydrogen-bond donors (Lipinski definition) is 3. The highest BCUT2D eigenvalue weighted by atomic mass is 32.2. The maximum absolute atomic E-state index is 13.0. The molecule has 3 N–H and O–H groups in total. The van der Waals surface area contributed by atoms with Crippen LogP contribution in [0.1, 0.15) is 122 Å². The summed E-state index contributed by atoms with van der Waals surface area (Å²) in [6, 6.07) is 0. The van der Waals surface area contributed by atoms with Gasteiger partial charge in [-0.1, -0.05) is 75.7 Å². The van der Waals surface area contributed by atoms with Crippen LogP contribution in [0.5, 0.6) is 0 Å². The molecular weight excluding hydrogens is 661 g/mol. The molecule has 0 aliphatic heterocycles. The maximum atomic E-state index is 13.0. The Labute approximate surface area is 308 Å². The number of thioether (sulfide) groups is 2. The largest absolute Gasteiger partial charge is 0.379 e. The summed E-state index contributed by atoms with van der Waals surface area (Å²) in [6.07, 6.45) is 4.09. The third kappa shape index (κ3) is 27.7. The highest BCUT2D eigenvalue weighted by molar-refractivity contribution is 8.00. The molecule has 0 rings (SSSR count). The predicted molar refractivity (Wildman–Crippen MR) is 210 cm³/mol. The second-order valence-electron chi connectivity index (χ2n) is 15.1. The molecule has 10 nitrogen and oxygen atoms in total. The zero-order valence-electron chi connectivity index (χ0n) is 33.3. The standard InChI is InChI=1S/C26H49N3O5S2.C11H23NO/c1-8-9-14-33-16-17-34-15-13-28-25(32)26(6,7)22(29-24(31)19-36-21(4)5)11-10-12-27-23(30)18-35-20(2)3;1-7-12-9(13)11(5,6)8-10(2,3)4/h20-21H,8-19H2,1-7H3,(H,27,30)(H,28,32);7-8H2,1-6H3,(H,12,13). The molecule has 12 heteroatoms. The van der Waals surface area contributed by atoms with E-state index in [1.54, 1.807) is 25.6 Å². The average molecular weight is 733 g/mol. The van der Waals surface area contributed by atoms with Gasteiger partial charge in [0.05, 0.1) is 36.7 Å². The maximum Gasteiger partial charge on any atom is 0.255 e. The highest BCUT2D eigenvalue weighted by Gasteiger charge is 2.34. The van der Waals surface area contributed by atoms with Crippen molar-refractivity contribution in [1.82, 2.24) is 16.0 Å². The van der Waals surface area contributed by atoms with Crippen LogP contribution in [0, 0.1) is 16.2 Å². The number of hydrogen-bond acceptors (Lipinski definition) is 8. The Morgan fingerprint density at radius 1 is 0.694 bits per heavy atom. The first kappa shape index (κ1) is 49.5. The Morgan fingerprint density at radius 3 is 1.80 bits per heavy atom. The van der Waals surface area contributed by atoms with Crippen LogP contribution in [0.15, 0.2) is 4.99 Å². The molecule has 0 aromatic carbocycles. The summed E-state index contributed by atoms with van der Waals surface area (Å²) in [6.45, 7) is 30.0. The monoisotopic (exact) mass is 732 g/mol. The van der Waals surface area contributed by atoms with Crippen molar-refractivity contribution in [2.24, 2.45) is 21.2 Å². The van der Waals surface area contributed by atoms with Crippen LogP contribution in [0.3, 0.4) is 0 Å². The number of rotatable bonds is 24. The summed E-state index contributed by atoms with van der Waals surface area (Å²) in [7, 11) is 0. The van der Waals surface area contributed by atoms with Crippen LogP contribution in [0.4, 0.5) is 0 Å². The molecule has 288 valence electrons. The van der Waals surface area contributed by atoms with Gasteiger partial charge in [-0.15, -0.1) is 23.5 Å². The van der Waals surface area contributed by atoms with Gasteiger partial charge in [-0.3, -0.25) is 19.2 Å². The smallest absolute Gasteiger partial charge is 0.255 e. The molecule has 0 heterocycles. The topological polar surface area (TPSA) is 135 Å². The minimum atomic E-state index is -0.959. The Bertz CT molecular complexity index is 978. The summed E-state index contributed by atoms with van der Waals surface area (Å²) in [5, 5.41) is 9.39.